The molecule has 6 heteroatoms. The molecule has 0 atom stereocenters. The van der Waals surface area contributed by atoms with E-state index in [-0.39, 0.29) is 24.1 Å². The number of furan rings is 1. The van der Waals surface area contributed by atoms with Crippen LogP contribution in [0, 0.1) is 0 Å². The van der Waals surface area contributed by atoms with E-state index in [2.05, 4.69) is 5.32 Å². The van der Waals surface area contributed by atoms with Gasteiger partial charge < -0.3 is 20.2 Å². The van der Waals surface area contributed by atoms with Crippen molar-refractivity contribution < 1.29 is 18.7 Å². The quantitative estimate of drug-likeness (QED) is 0.760. The second-order valence-corrected chi connectivity index (χ2v) is 4.68. The summed E-state index contributed by atoms with van der Waals surface area (Å²) >= 11 is 0. The maximum Gasteiger partial charge on any atom is 0.287 e. The highest BCUT2D eigenvalue weighted by Gasteiger charge is 2.10. The van der Waals surface area contributed by atoms with Gasteiger partial charge in [-0.25, -0.2) is 0 Å². The number of rotatable bonds is 7. The zero-order chi connectivity index (χ0) is 15.9. The van der Waals surface area contributed by atoms with E-state index in [1.165, 1.54) is 6.92 Å². The number of ether oxygens (including phenoxy) is 1. The van der Waals surface area contributed by atoms with Gasteiger partial charge in [0.05, 0.1) is 0 Å². The number of nitrogens with one attached hydrogen (secondary N) is 1. The van der Waals surface area contributed by atoms with E-state index in [9.17, 15) is 9.59 Å². The summed E-state index contributed by atoms with van der Waals surface area (Å²) in [6, 6.07) is 10.1. The number of benzene rings is 1. The van der Waals surface area contributed by atoms with E-state index in [0.717, 1.165) is 0 Å². The summed E-state index contributed by atoms with van der Waals surface area (Å²) in [5.74, 6) is 1.08. The Labute approximate surface area is 128 Å². The Bertz CT molecular complexity index is 646. The lowest BCUT2D eigenvalue weighted by Crippen LogP contribution is -2.28. The van der Waals surface area contributed by atoms with Crippen LogP contribution >= 0.6 is 0 Å². The molecule has 1 heterocycles. The predicted octanol–water partition coefficient (Wildman–Crippen LogP) is 1.75. The fourth-order valence-electron chi connectivity index (χ4n) is 1.79. The Hall–Kier alpha value is -2.60. The fraction of sp³-hybridized carbons (Fsp3) is 0.250. The number of carbonyl (C=O) groups is 2. The normalized spacial score (nSPS) is 10.3. The first-order valence-corrected chi connectivity index (χ1v) is 6.91. The van der Waals surface area contributed by atoms with Crippen LogP contribution in [0.4, 0.5) is 0 Å². The van der Waals surface area contributed by atoms with Crippen molar-refractivity contribution >= 4 is 11.7 Å². The molecule has 0 aliphatic heterocycles. The second-order valence-electron chi connectivity index (χ2n) is 4.68. The summed E-state index contributed by atoms with van der Waals surface area (Å²) < 4.78 is 10.9. The summed E-state index contributed by atoms with van der Waals surface area (Å²) in [6.07, 6.45) is 0. The third kappa shape index (κ3) is 4.20. The van der Waals surface area contributed by atoms with Gasteiger partial charge in [0.15, 0.2) is 11.5 Å². The summed E-state index contributed by atoms with van der Waals surface area (Å²) in [5.41, 5.74) is 5.94. The lowest BCUT2D eigenvalue weighted by Gasteiger charge is -2.05. The lowest BCUT2D eigenvalue weighted by molar-refractivity contribution is 0.0922. The number of hydrogen-bond acceptors (Lipinski definition) is 5. The van der Waals surface area contributed by atoms with Gasteiger partial charge in [-0.15, -0.1) is 0 Å². The smallest absolute Gasteiger partial charge is 0.287 e. The number of amides is 1. The summed E-state index contributed by atoms with van der Waals surface area (Å²) in [7, 11) is 0. The molecule has 22 heavy (non-hydrogen) atoms. The largest absolute Gasteiger partial charge is 0.486 e. The number of Topliss-reactive ketones (excluding diaryl/α,β-unsaturated/α-hetero) is 1. The summed E-state index contributed by atoms with van der Waals surface area (Å²) in [4.78, 5) is 22.8. The molecule has 0 fully saturated rings. The lowest BCUT2D eigenvalue weighted by atomic mass is 10.1. The third-order valence-corrected chi connectivity index (χ3v) is 2.96. The average molecular weight is 302 g/mol. The summed E-state index contributed by atoms with van der Waals surface area (Å²) in [6.45, 7) is 2.48. The second kappa shape index (κ2) is 7.42. The first-order valence-electron chi connectivity index (χ1n) is 6.91. The van der Waals surface area contributed by atoms with Crippen LogP contribution in [0.15, 0.2) is 40.8 Å². The van der Waals surface area contributed by atoms with Gasteiger partial charge in [-0.05, 0) is 43.3 Å². The van der Waals surface area contributed by atoms with Crippen LogP contribution in [0.2, 0.25) is 0 Å². The molecule has 0 radical (unpaired) electrons. The molecule has 1 amide bonds. The average Bonchev–Trinajstić information content (AvgIpc) is 3.00. The Morgan fingerprint density at radius 3 is 2.55 bits per heavy atom. The molecule has 1 aromatic heterocycles. The van der Waals surface area contributed by atoms with E-state index in [1.54, 1.807) is 36.4 Å². The van der Waals surface area contributed by atoms with Crippen LogP contribution in [0.25, 0.3) is 0 Å². The first kappa shape index (κ1) is 15.8. The fourth-order valence-corrected chi connectivity index (χ4v) is 1.79. The highest BCUT2D eigenvalue weighted by molar-refractivity contribution is 5.94. The van der Waals surface area contributed by atoms with Crippen molar-refractivity contribution in [3.8, 4) is 5.75 Å². The number of carbonyl (C=O) groups excluding carboxylic acids is 2. The Morgan fingerprint density at radius 2 is 1.91 bits per heavy atom. The van der Waals surface area contributed by atoms with E-state index in [4.69, 9.17) is 14.9 Å². The Morgan fingerprint density at radius 1 is 1.18 bits per heavy atom. The number of nitrogens with two attached hydrogens (primary N) is 1. The van der Waals surface area contributed by atoms with E-state index in [0.29, 0.717) is 30.2 Å². The minimum atomic E-state index is -0.303. The van der Waals surface area contributed by atoms with Gasteiger partial charge in [0.1, 0.15) is 18.1 Å². The molecular formula is C16H18N2O4. The Balaban J connectivity index is 1.90. The molecule has 2 aromatic rings. The third-order valence-electron chi connectivity index (χ3n) is 2.96. The SMILES string of the molecule is CC(=O)c1ccc(OCc2ccc(C(=O)NCCN)o2)cc1. The molecule has 0 saturated carbocycles. The van der Waals surface area contributed by atoms with Crippen LogP contribution in [-0.4, -0.2) is 24.8 Å². The first-order chi connectivity index (χ1) is 10.6. The molecule has 116 valence electrons. The van der Waals surface area contributed by atoms with E-state index >= 15 is 0 Å². The van der Waals surface area contributed by atoms with Gasteiger partial charge in [0.2, 0.25) is 0 Å². The van der Waals surface area contributed by atoms with Crippen LogP contribution in [0.5, 0.6) is 5.75 Å². The van der Waals surface area contributed by atoms with Crippen molar-refractivity contribution in [1.82, 2.24) is 5.32 Å². The van der Waals surface area contributed by atoms with Gasteiger partial charge in [-0.3, -0.25) is 9.59 Å². The van der Waals surface area contributed by atoms with E-state index in [1.807, 2.05) is 0 Å². The van der Waals surface area contributed by atoms with Gasteiger partial charge in [0, 0.05) is 18.7 Å². The van der Waals surface area contributed by atoms with Crippen LogP contribution in [-0.2, 0) is 6.61 Å². The molecule has 0 unspecified atom stereocenters. The molecule has 2 rings (SSSR count). The van der Waals surface area contributed by atoms with Gasteiger partial charge in [-0.1, -0.05) is 0 Å². The molecule has 3 N–H and O–H groups in total. The minimum Gasteiger partial charge on any atom is -0.486 e. The zero-order valence-electron chi connectivity index (χ0n) is 12.3. The molecule has 0 saturated heterocycles. The molecule has 0 aliphatic rings. The van der Waals surface area contributed by atoms with Crippen LogP contribution in [0.1, 0.15) is 33.6 Å². The predicted molar refractivity (Wildman–Crippen MR) is 80.9 cm³/mol. The molecule has 0 spiro atoms. The minimum absolute atomic E-state index is 0.00529. The maximum absolute atomic E-state index is 11.7. The van der Waals surface area contributed by atoms with Crippen LogP contribution < -0.4 is 15.8 Å². The number of ketones is 1. The highest BCUT2D eigenvalue weighted by Crippen LogP contribution is 2.16. The molecule has 0 bridgehead atoms. The zero-order valence-corrected chi connectivity index (χ0v) is 12.3. The van der Waals surface area contributed by atoms with Gasteiger partial charge in [0.25, 0.3) is 5.91 Å². The topological polar surface area (TPSA) is 94.6 Å². The Kier molecular flexibility index (Phi) is 5.32. The molecule has 1 aromatic carbocycles. The highest BCUT2D eigenvalue weighted by atomic mass is 16.5. The van der Waals surface area contributed by atoms with Crippen molar-refractivity contribution in [2.45, 2.75) is 13.5 Å². The van der Waals surface area contributed by atoms with E-state index < -0.39 is 0 Å². The van der Waals surface area contributed by atoms with Crippen molar-refractivity contribution in [3.05, 3.63) is 53.5 Å². The summed E-state index contributed by atoms with van der Waals surface area (Å²) in [5, 5.41) is 2.62. The molecule has 6 nitrogen and oxygen atoms in total. The van der Waals surface area contributed by atoms with Crippen molar-refractivity contribution in [1.29, 1.82) is 0 Å². The van der Waals surface area contributed by atoms with Crippen molar-refractivity contribution in [2.24, 2.45) is 5.73 Å². The van der Waals surface area contributed by atoms with Crippen molar-refractivity contribution in [2.75, 3.05) is 13.1 Å². The van der Waals surface area contributed by atoms with Crippen molar-refractivity contribution in [3.63, 3.8) is 0 Å². The van der Waals surface area contributed by atoms with Gasteiger partial charge in [-0.2, -0.15) is 0 Å². The monoisotopic (exact) mass is 302 g/mol. The molecule has 0 aliphatic carbocycles. The maximum atomic E-state index is 11.7. The standard InChI is InChI=1S/C16H18N2O4/c1-11(19)12-2-4-13(5-3-12)21-10-14-6-7-15(22-14)16(20)18-9-8-17/h2-7H,8-10,17H2,1H3,(H,18,20). The number of hydrogen-bond donors (Lipinski definition) is 2. The molecular weight excluding hydrogens is 284 g/mol. The van der Waals surface area contributed by atoms with Gasteiger partial charge >= 0.3 is 0 Å². The van der Waals surface area contributed by atoms with Crippen LogP contribution in [0.3, 0.4) is 0 Å².